The fourth-order valence-electron chi connectivity index (χ4n) is 2.74. The number of nitrogens with one attached hydrogen (secondary N) is 1. The Hall–Kier alpha value is -2.51. The number of urea groups is 1. The third-order valence-electron chi connectivity index (χ3n) is 3.91. The van der Waals surface area contributed by atoms with Crippen LogP contribution in [0.3, 0.4) is 0 Å². The van der Waals surface area contributed by atoms with Gasteiger partial charge in [-0.3, -0.25) is 4.79 Å². The lowest BCUT2D eigenvalue weighted by Gasteiger charge is -2.13. The van der Waals surface area contributed by atoms with Crippen molar-refractivity contribution in [3.63, 3.8) is 0 Å². The fourth-order valence-corrected chi connectivity index (χ4v) is 3.36. The van der Waals surface area contributed by atoms with E-state index < -0.39 is 11.9 Å². The number of nitrogens with zero attached hydrogens (tertiary/aromatic N) is 1. The van der Waals surface area contributed by atoms with Gasteiger partial charge in [0.1, 0.15) is 5.70 Å². The molecule has 3 rings (SSSR count). The summed E-state index contributed by atoms with van der Waals surface area (Å²) >= 11 is 9.46. The number of halogens is 2. The van der Waals surface area contributed by atoms with Gasteiger partial charge in [-0.25, -0.2) is 9.69 Å². The number of benzene rings is 2. The van der Waals surface area contributed by atoms with Crippen molar-refractivity contribution in [2.45, 2.75) is 13.8 Å². The third kappa shape index (κ3) is 4.15. The van der Waals surface area contributed by atoms with Crippen molar-refractivity contribution in [2.24, 2.45) is 0 Å². The van der Waals surface area contributed by atoms with Gasteiger partial charge in [0.15, 0.2) is 11.5 Å². The summed E-state index contributed by atoms with van der Waals surface area (Å²) in [5, 5.41) is 3.04. The van der Waals surface area contributed by atoms with Crippen LogP contribution in [0.5, 0.6) is 11.5 Å². The largest absolute Gasteiger partial charge is 0.490 e. The van der Waals surface area contributed by atoms with Gasteiger partial charge in [-0.05, 0) is 55.8 Å². The minimum Gasteiger partial charge on any atom is -0.490 e. The van der Waals surface area contributed by atoms with E-state index in [4.69, 9.17) is 21.1 Å². The van der Waals surface area contributed by atoms with Crippen LogP contribution >= 0.6 is 27.5 Å². The Balaban J connectivity index is 1.96. The zero-order valence-corrected chi connectivity index (χ0v) is 17.6. The second-order valence-electron chi connectivity index (χ2n) is 5.80. The van der Waals surface area contributed by atoms with Crippen LogP contribution in [0.25, 0.3) is 6.08 Å². The molecule has 2 aromatic carbocycles. The number of hydrogen-bond donors (Lipinski definition) is 1. The molecule has 1 N–H and O–H groups in total. The Morgan fingerprint density at radius 1 is 1.11 bits per heavy atom. The third-order valence-corrected chi connectivity index (χ3v) is 4.83. The molecule has 0 unspecified atom stereocenters. The highest BCUT2D eigenvalue weighted by Crippen LogP contribution is 2.35. The Bertz CT molecular complexity index is 961. The van der Waals surface area contributed by atoms with Crippen molar-refractivity contribution < 1.29 is 19.1 Å². The van der Waals surface area contributed by atoms with Gasteiger partial charge in [-0.2, -0.15) is 0 Å². The molecule has 1 fully saturated rings. The average Bonchev–Trinajstić information content (AvgIpc) is 2.92. The summed E-state index contributed by atoms with van der Waals surface area (Å²) in [6.45, 7) is 4.72. The molecule has 1 saturated heterocycles. The molecule has 2 aromatic rings. The lowest BCUT2D eigenvalue weighted by molar-refractivity contribution is -0.113. The summed E-state index contributed by atoms with van der Waals surface area (Å²) in [7, 11) is 0. The number of anilines is 1. The molecule has 0 aromatic heterocycles. The summed E-state index contributed by atoms with van der Waals surface area (Å²) in [6, 6.07) is 9.55. The first kappa shape index (κ1) is 20.2. The maximum absolute atomic E-state index is 12.8. The molecule has 0 spiro atoms. The van der Waals surface area contributed by atoms with Crippen molar-refractivity contribution >= 4 is 51.2 Å². The zero-order chi connectivity index (χ0) is 20.3. The molecule has 8 heteroatoms. The highest BCUT2D eigenvalue weighted by atomic mass is 79.9. The van der Waals surface area contributed by atoms with Crippen LogP contribution in [0.4, 0.5) is 10.5 Å². The van der Waals surface area contributed by atoms with Crippen molar-refractivity contribution in [1.29, 1.82) is 0 Å². The van der Waals surface area contributed by atoms with Gasteiger partial charge in [0.05, 0.1) is 18.9 Å². The van der Waals surface area contributed by atoms with E-state index in [1.165, 1.54) is 0 Å². The van der Waals surface area contributed by atoms with Gasteiger partial charge in [0.25, 0.3) is 5.91 Å². The van der Waals surface area contributed by atoms with Crippen LogP contribution in [-0.2, 0) is 4.79 Å². The Labute approximate surface area is 176 Å². The molecule has 1 aliphatic heterocycles. The molecule has 0 atom stereocenters. The van der Waals surface area contributed by atoms with Crippen LogP contribution in [-0.4, -0.2) is 25.2 Å². The summed E-state index contributed by atoms with van der Waals surface area (Å²) in [5.74, 6) is 0.689. The summed E-state index contributed by atoms with van der Waals surface area (Å²) < 4.78 is 11.9. The van der Waals surface area contributed by atoms with Gasteiger partial charge in [-0.1, -0.05) is 33.6 Å². The Kier molecular flexibility index (Phi) is 6.26. The first-order valence-corrected chi connectivity index (χ1v) is 9.83. The SMILES string of the molecule is CCOc1cc(Br)c(/C=C2/NC(=O)N(c3cccc(Cl)c3)C2=O)cc1OCC. The van der Waals surface area contributed by atoms with Gasteiger partial charge in [-0.15, -0.1) is 0 Å². The summed E-state index contributed by atoms with van der Waals surface area (Å²) in [5.41, 5.74) is 1.22. The van der Waals surface area contributed by atoms with E-state index >= 15 is 0 Å². The second kappa shape index (κ2) is 8.67. The van der Waals surface area contributed by atoms with Crippen LogP contribution in [0.15, 0.2) is 46.6 Å². The minimum atomic E-state index is -0.536. The molecule has 1 aliphatic rings. The second-order valence-corrected chi connectivity index (χ2v) is 7.09. The summed E-state index contributed by atoms with van der Waals surface area (Å²) in [4.78, 5) is 26.2. The smallest absolute Gasteiger partial charge is 0.333 e. The average molecular weight is 466 g/mol. The molecule has 0 aliphatic carbocycles. The van der Waals surface area contributed by atoms with Crippen molar-refractivity contribution in [3.8, 4) is 11.5 Å². The fraction of sp³-hybridized carbons (Fsp3) is 0.200. The van der Waals surface area contributed by atoms with E-state index in [9.17, 15) is 9.59 Å². The molecule has 6 nitrogen and oxygen atoms in total. The molecule has 3 amide bonds. The highest BCUT2D eigenvalue weighted by Gasteiger charge is 2.35. The van der Waals surface area contributed by atoms with Crippen molar-refractivity contribution in [3.05, 3.63) is 57.2 Å². The molecule has 1 heterocycles. The molecule has 0 saturated carbocycles. The summed E-state index contributed by atoms with van der Waals surface area (Å²) in [6.07, 6.45) is 1.59. The maximum Gasteiger partial charge on any atom is 0.333 e. The molecular weight excluding hydrogens is 448 g/mol. The zero-order valence-electron chi connectivity index (χ0n) is 15.3. The number of amides is 3. The first-order chi connectivity index (χ1) is 13.4. The highest BCUT2D eigenvalue weighted by molar-refractivity contribution is 9.10. The van der Waals surface area contributed by atoms with E-state index in [0.29, 0.717) is 45.5 Å². The molecule has 28 heavy (non-hydrogen) atoms. The normalized spacial score (nSPS) is 15.1. The number of ether oxygens (including phenoxy) is 2. The van der Waals surface area contributed by atoms with Gasteiger partial charge < -0.3 is 14.8 Å². The predicted molar refractivity (Wildman–Crippen MR) is 112 cm³/mol. The minimum absolute atomic E-state index is 0.150. The van der Waals surface area contributed by atoms with E-state index in [-0.39, 0.29) is 5.70 Å². The first-order valence-electron chi connectivity index (χ1n) is 8.66. The lowest BCUT2D eigenvalue weighted by atomic mass is 10.1. The maximum atomic E-state index is 12.8. The molecule has 146 valence electrons. The van der Waals surface area contributed by atoms with Crippen LogP contribution in [0, 0.1) is 0 Å². The van der Waals surface area contributed by atoms with Gasteiger partial charge in [0, 0.05) is 9.50 Å². The topological polar surface area (TPSA) is 67.9 Å². The Morgan fingerprint density at radius 2 is 1.79 bits per heavy atom. The Morgan fingerprint density at radius 3 is 2.43 bits per heavy atom. The number of imide groups is 1. The van der Waals surface area contributed by atoms with Gasteiger partial charge >= 0.3 is 6.03 Å². The standard InChI is InChI=1S/C20H18BrClN2O4/c1-3-27-17-9-12(15(21)11-18(17)28-4-2)8-16-19(25)24(20(26)23-16)14-7-5-6-13(22)10-14/h5-11H,3-4H2,1-2H3,(H,23,26)/b16-8+. The molecular formula is C20H18BrClN2O4. The molecule has 0 radical (unpaired) electrons. The van der Waals surface area contributed by atoms with E-state index in [2.05, 4.69) is 21.2 Å². The number of hydrogen-bond acceptors (Lipinski definition) is 4. The van der Waals surface area contributed by atoms with Crippen LogP contribution < -0.4 is 19.7 Å². The van der Waals surface area contributed by atoms with Crippen molar-refractivity contribution in [1.82, 2.24) is 5.32 Å². The number of carbonyl (C=O) groups is 2. The monoisotopic (exact) mass is 464 g/mol. The van der Waals surface area contributed by atoms with Crippen LogP contribution in [0.1, 0.15) is 19.4 Å². The van der Waals surface area contributed by atoms with Crippen molar-refractivity contribution in [2.75, 3.05) is 18.1 Å². The molecule has 0 bridgehead atoms. The van der Waals surface area contributed by atoms with Gasteiger partial charge in [0.2, 0.25) is 0 Å². The van der Waals surface area contributed by atoms with E-state index in [1.807, 2.05) is 13.8 Å². The van der Waals surface area contributed by atoms with E-state index in [0.717, 1.165) is 4.90 Å². The predicted octanol–water partition coefficient (Wildman–Crippen LogP) is 5.00. The number of carbonyl (C=O) groups excluding carboxylic acids is 2. The van der Waals surface area contributed by atoms with Crippen LogP contribution in [0.2, 0.25) is 5.02 Å². The van der Waals surface area contributed by atoms with E-state index in [1.54, 1.807) is 42.5 Å². The lowest BCUT2D eigenvalue weighted by Crippen LogP contribution is -2.30. The quantitative estimate of drug-likeness (QED) is 0.482. The number of rotatable bonds is 6.